The maximum atomic E-state index is 12.0. The first-order valence-corrected chi connectivity index (χ1v) is 9.25. The summed E-state index contributed by atoms with van der Waals surface area (Å²) in [6.45, 7) is 5.15. The fraction of sp³-hybridized carbons (Fsp3) is 0.500. The predicted octanol–water partition coefficient (Wildman–Crippen LogP) is 3.28. The number of terminal acetylenes is 2. The molecule has 1 rings (SSSR count). The summed E-state index contributed by atoms with van der Waals surface area (Å²) in [4.78, 5) is 28.0. The molecule has 1 heterocycles. The molecule has 0 bridgehead atoms. The summed E-state index contributed by atoms with van der Waals surface area (Å²) in [5.41, 5.74) is 1.20. The van der Waals surface area contributed by atoms with Crippen molar-refractivity contribution in [2.24, 2.45) is 11.8 Å². The molecule has 2 atom stereocenters. The van der Waals surface area contributed by atoms with Gasteiger partial charge in [0.05, 0.1) is 18.5 Å². The first kappa shape index (κ1) is 23.0. The molecule has 0 spiro atoms. The number of aromatic nitrogens is 1. The zero-order valence-corrected chi connectivity index (χ0v) is 16.7. The summed E-state index contributed by atoms with van der Waals surface area (Å²) >= 11 is 0. The average Bonchev–Trinajstić information content (AvgIpc) is 2.70. The van der Waals surface area contributed by atoms with Crippen LogP contribution in [0, 0.1) is 43.4 Å². The summed E-state index contributed by atoms with van der Waals surface area (Å²) in [5.74, 6) is 3.72. The van der Waals surface area contributed by atoms with Crippen molar-refractivity contribution in [3.05, 3.63) is 23.0 Å². The molecule has 1 aromatic heterocycles. The molecule has 1 N–H and O–H groups in total. The van der Waals surface area contributed by atoms with E-state index < -0.39 is 11.9 Å². The Morgan fingerprint density at radius 1 is 1.07 bits per heavy atom. The fourth-order valence-electron chi connectivity index (χ4n) is 2.44. The van der Waals surface area contributed by atoms with Crippen molar-refractivity contribution in [3.8, 4) is 30.4 Å². The minimum Gasteiger partial charge on any atom is -0.506 e. The zero-order valence-electron chi connectivity index (χ0n) is 16.7. The summed E-state index contributed by atoms with van der Waals surface area (Å²) in [6, 6.07) is 0. The number of nitrogens with zero attached hydrogens (tertiary/aromatic N) is 1. The molecule has 6 nitrogen and oxygen atoms in total. The molecule has 6 heteroatoms. The average molecular weight is 385 g/mol. The van der Waals surface area contributed by atoms with Crippen LogP contribution < -0.4 is 0 Å². The van der Waals surface area contributed by atoms with E-state index in [1.54, 1.807) is 6.92 Å². The molecule has 0 aliphatic carbocycles. The number of aryl methyl sites for hydroxylation is 1. The lowest BCUT2D eigenvalue weighted by Crippen LogP contribution is -2.13. The van der Waals surface area contributed by atoms with Crippen molar-refractivity contribution in [1.82, 2.24) is 4.98 Å². The lowest BCUT2D eigenvalue weighted by atomic mass is 10.0. The van der Waals surface area contributed by atoms with Gasteiger partial charge >= 0.3 is 11.9 Å². The first-order valence-electron chi connectivity index (χ1n) is 9.25. The third-order valence-electron chi connectivity index (χ3n) is 4.48. The molecule has 28 heavy (non-hydrogen) atoms. The van der Waals surface area contributed by atoms with Crippen LogP contribution in [-0.2, 0) is 32.3 Å². The largest absolute Gasteiger partial charge is 0.506 e. The second kappa shape index (κ2) is 11.7. The Morgan fingerprint density at radius 2 is 1.57 bits per heavy atom. The molecule has 150 valence electrons. The van der Waals surface area contributed by atoms with E-state index in [9.17, 15) is 14.7 Å². The third kappa shape index (κ3) is 6.96. The van der Waals surface area contributed by atoms with Crippen molar-refractivity contribution in [2.75, 3.05) is 0 Å². The molecule has 0 saturated carbocycles. The van der Waals surface area contributed by atoms with Crippen LogP contribution in [0.3, 0.4) is 0 Å². The van der Waals surface area contributed by atoms with E-state index >= 15 is 0 Å². The summed E-state index contributed by atoms with van der Waals surface area (Å²) in [5, 5.41) is 10.3. The minimum absolute atomic E-state index is 0.0969. The highest BCUT2D eigenvalue weighted by Crippen LogP contribution is 2.26. The summed E-state index contributed by atoms with van der Waals surface area (Å²) in [6.07, 6.45) is 13.8. The Morgan fingerprint density at radius 3 is 2.04 bits per heavy atom. The monoisotopic (exact) mass is 385 g/mol. The van der Waals surface area contributed by atoms with Gasteiger partial charge in [-0.1, -0.05) is 13.8 Å². The molecule has 1 aromatic rings. The van der Waals surface area contributed by atoms with Gasteiger partial charge in [-0.3, -0.25) is 14.6 Å². The van der Waals surface area contributed by atoms with Gasteiger partial charge in [0.2, 0.25) is 0 Å². The SMILES string of the molecule is C#CC(CC)CC(=O)OCc1cnc(C)c(O)c1COC(=O)CC(C#C)CC. The summed E-state index contributed by atoms with van der Waals surface area (Å²) in [7, 11) is 0. The molecule has 0 fully saturated rings. The van der Waals surface area contributed by atoms with E-state index in [4.69, 9.17) is 22.3 Å². The topological polar surface area (TPSA) is 85.7 Å². The fourth-order valence-corrected chi connectivity index (χ4v) is 2.44. The number of rotatable bonds is 10. The van der Waals surface area contributed by atoms with Gasteiger partial charge in [0.15, 0.2) is 0 Å². The molecule has 0 aromatic carbocycles. The van der Waals surface area contributed by atoms with Gasteiger partial charge in [0, 0.05) is 29.2 Å². The molecule has 0 aliphatic rings. The van der Waals surface area contributed by atoms with Crippen LogP contribution in [-0.4, -0.2) is 22.0 Å². The highest BCUT2D eigenvalue weighted by Gasteiger charge is 2.18. The van der Waals surface area contributed by atoms with Crippen LogP contribution in [0.2, 0.25) is 0 Å². The molecule has 0 aliphatic heterocycles. The number of carbonyl (C=O) groups excluding carboxylic acids is 2. The van der Waals surface area contributed by atoms with E-state index in [1.807, 2.05) is 13.8 Å². The van der Waals surface area contributed by atoms with Crippen molar-refractivity contribution < 1.29 is 24.2 Å². The van der Waals surface area contributed by atoms with Gasteiger partial charge in [0.1, 0.15) is 19.0 Å². The van der Waals surface area contributed by atoms with E-state index in [0.29, 0.717) is 29.7 Å². The second-order valence-corrected chi connectivity index (χ2v) is 6.47. The van der Waals surface area contributed by atoms with E-state index in [-0.39, 0.29) is 43.6 Å². The molecule has 2 unspecified atom stereocenters. The number of aromatic hydroxyl groups is 1. The molecule has 0 saturated heterocycles. The van der Waals surface area contributed by atoms with Crippen LogP contribution in [0.25, 0.3) is 0 Å². The van der Waals surface area contributed by atoms with Gasteiger partial charge in [-0.15, -0.1) is 24.7 Å². The Kier molecular flexibility index (Phi) is 9.60. The third-order valence-corrected chi connectivity index (χ3v) is 4.48. The minimum atomic E-state index is -0.457. The maximum absolute atomic E-state index is 12.0. The highest BCUT2D eigenvalue weighted by atomic mass is 16.5. The first-order chi connectivity index (χ1) is 13.4. The Bertz CT molecular complexity index is 772. The molecule has 0 radical (unpaired) electrons. The highest BCUT2D eigenvalue weighted by molar-refractivity contribution is 5.71. The van der Waals surface area contributed by atoms with Gasteiger partial charge in [-0.25, -0.2) is 0 Å². The van der Waals surface area contributed by atoms with Crippen molar-refractivity contribution in [3.63, 3.8) is 0 Å². The lowest BCUT2D eigenvalue weighted by molar-refractivity contribution is -0.147. The van der Waals surface area contributed by atoms with Crippen LogP contribution in [0.15, 0.2) is 6.20 Å². The Labute approximate surface area is 166 Å². The van der Waals surface area contributed by atoms with Crippen LogP contribution in [0.4, 0.5) is 0 Å². The maximum Gasteiger partial charge on any atom is 0.307 e. The van der Waals surface area contributed by atoms with E-state index in [2.05, 4.69) is 16.8 Å². The van der Waals surface area contributed by atoms with E-state index in [1.165, 1.54) is 6.20 Å². The molecular weight excluding hydrogens is 358 g/mol. The van der Waals surface area contributed by atoms with Gasteiger partial charge in [0.25, 0.3) is 0 Å². The van der Waals surface area contributed by atoms with Gasteiger partial charge < -0.3 is 14.6 Å². The lowest BCUT2D eigenvalue weighted by Gasteiger charge is -2.15. The van der Waals surface area contributed by atoms with Crippen molar-refractivity contribution in [1.29, 1.82) is 0 Å². The quantitative estimate of drug-likeness (QED) is 0.491. The predicted molar refractivity (Wildman–Crippen MR) is 105 cm³/mol. The number of hydrogen-bond acceptors (Lipinski definition) is 6. The summed E-state index contributed by atoms with van der Waals surface area (Å²) < 4.78 is 10.5. The number of ether oxygens (including phenoxy) is 2. The van der Waals surface area contributed by atoms with Crippen molar-refractivity contribution in [2.45, 2.75) is 59.7 Å². The number of hydrogen-bond donors (Lipinski definition) is 1. The smallest absolute Gasteiger partial charge is 0.307 e. The Balaban J connectivity index is 2.80. The number of carbonyl (C=O) groups is 2. The standard InChI is InChI=1S/C22H27NO5/c1-6-16(7-2)10-20(24)27-13-18-12-23-15(5)22(26)19(18)14-28-21(25)11-17(8-3)9-4/h1,3,12,16-17,26H,7,9-11,13-14H2,2,4-5H3. The van der Waals surface area contributed by atoms with Crippen LogP contribution in [0.5, 0.6) is 5.75 Å². The van der Waals surface area contributed by atoms with Crippen molar-refractivity contribution >= 4 is 11.9 Å². The van der Waals surface area contributed by atoms with E-state index in [0.717, 1.165) is 0 Å². The molecule has 0 amide bonds. The normalized spacial score (nSPS) is 12.3. The number of esters is 2. The number of pyridine rings is 1. The van der Waals surface area contributed by atoms with Gasteiger partial charge in [-0.2, -0.15) is 0 Å². The zero-order chi connectivity index (χ0) is 21.1. The van der Waals surface area contributed by atoms with Gasteiger partial charge in [-0.05, 0) is 19.8 Å². The Hall–Kier alpha value is -2.99. The van der Waals surface area contributed by atoms with Crippen LogP contribution >= 0.6 is 0 Å². The second-order valence-electron chi connectivity index (χ2n) is 6.47. The van der Waals surface area contributed by atoms with Crippen LogP contribution in [0.1, 0.15) is 56.4 Å². The molecular formula is C22H27NO5.